The van der Waals surface area contributed by atoms with Crippen LogP contribution in [-0.2, 0) is 0 Å². The molecule has 1 aliphatic heterocycles. The van der Waals surface area contributed by atoms with E-state index in [-0.39, 0.29) is 0 Å². The zero-order valence-electron chi connectivity index (χ0n) is 12.9. The first-order valence-corrected chi connectivity index (χ1v) is 8.73. The molecule has 0 aromatic heterocycles. The molecule has 0 bridgehead atoms. The minimum atomic E-state index is 0.777. The zero-order valence-corrected chi connectivity index (χ0v) is 12.9. The molecule has 1 saturated heterocycles. The average Bonchev–Trinajstić information content (AvgIpc) is 3.19. The van der Waals surface area contributed by atoms with Crippen LogP contribution in [0, 0.1) is 17.8 Å². The van der Waals surface area contributed by atoms with Gasteiger partial charge < -0.3 is 5.32 Å². The number of nitrogens with zero attached hydrogens (tertiary/aromatic N) is 1. The third kappa shape index (κ3) is 3.52. The van der Waals surface area contributed by atoms with E-state index in [1.807, 2.05) is 0 Å². The Labute approximate surface area is 119 Å². The van der Waals surface area contributed by atoms with Gasteiger partial charge in [0.15, 0.2) is 0 Å². The second-order valence-electron chi connectivity index (χ2n) is 7.51. The van der Waals surface area contributed by atoms with E-state index in [0.717, 1.165) is 29.8 Å². The Morgan fingerprint density at radius 1 is 1.05 bits per heavy atom. The van der Waals surface area contributed by atoms with Crippen molar-refractivity contribution in [3.63, 3.8) is 0 Å². The predicted molar refractivity (Wildman–Crippen MR) is 81.3 cm³/mol. The molecule has 3 aliphatic rings. The minimum Gasteiger partial charge on any atom is -0.312 e. The number of piperidine rings is 1. The molecule has 0 amide bonds. The van der Waals surface area contributed by atoms with Crippen LogP contribution in [-0.4, -0.2) is 36.6 Å². The lowest BCUT2D eigenvalue weighted by Gasteiger charge is -2.48. The van der Waals surface area contributed by atoms with Crippen molar-refractivity contribution in [3.05, 3.63) is 0 Å². The second kappa shape index (κ2) is 6.13. The van der Waals surface area contributed by atoms with Crippen LogP contribution in [0.5, 0.6) is 0 Å². The summed E-state index contributed by atoms with van der Waals surface area (Å²) in [5.41, 5.74) is 0. The molecule has 3 fully saturated rings. The van der Waals surface area contributed by atoms with Crippen molar-refractivity contribution in [1.29, 1.82) is 0 Å². The van der Waals surface area contributed by atoms with Gasteiger partial charge in [0, 0.05) is 25.2 Å². The zero-order chi connectivity index (χ0) is 13.2. The summed E-state index contributed by atoms with van der Waals surface area (Å²) < 4.78 is 0. The molecular formula is C17H32N2. The largest absolute Gasteiger partial charge is 0.312 e. The van der Waals surface area contributed by atoms with E-state index in [2.05, 4.69) is 24.1 Å². The molecule has 4 unspecified atom stereocenters. The quantitative estimate of drug-likeness (QED) is 0.792. The highest BCUT2D eigenvalue weighted by Gasteiger charge is 2.37. The fourth-order valence-corrected chi connectivity index (χ4v) is 4.12. The van der Waals surface area contributed by atoms with Gasteiger partial charge in [-0.05, 0) is 62.8 Å². The van der Waals surface area contributed by atoms with Crippen molar-refractivity contribution >= 4 is 0 Å². The summed E-state index contributed by atoms with van der Waals surface area (Å²) in [5, 5.41) is 3.88. The van der Waals surface area contributed by atoms with Gasteiger partial charge in [-0.3, -0.25) is 4.90 Å². The lowest BCUT2D eigenvalue weighted by Crippen LogP contribution is -2.56. The molecule has 0 aromatic carbocycles. The van der Waals surface area contributed by atoms with Crippen molar-refractivity contribution in [3.8, 4) is 0 Å². The Hall–Kier alpha value is -0.0800. The van der Waals surface area contributed by atoms with Gasteiger partial charge in [0.05, 0.1) is 0 Å². The normalized spacial score (nSPS) is 40.1. The fourth-order valence-electron chi connectivity index (χ4n) is 4.12. The van der Waals surface area contributed by atoms with E-state index in [4.69, 9.17) is 0 Å². The maximum absolute atomic E-state index is 3.88. The first-order chi connectivity index (χ1) is 9.26. The van der Waals surface area contributed by atoms with Gasteiger partial charge in [0.2, 0.25) is 0 Å². The van der Waals surface area contributed by atoms with Gasteiger partial charge in [0.25, 0.3) is 0 Å². The number of likely N-dealkylation sites (tertiary alicyclic amines) is 1. The van der Waals surface area contributed by atoms with Crippen LogP contribution >= 0.6 is 0 Å². The Bertz CT molecular complexity index is 287. The molecule has 2 saturated carbocycles. The highest BCUT2D eigenvalue weighted by Crippen LogP contribution is 2.35. The molecule has 4 atom stereocenters. The molecule has 2 nitrogen and oxygen atoms in total. The Balaban J connectivity index is 1.53. The first-order valence-electron chi connectivity index (χ1n) is 8.73. The van der Waals surface area contributed by atoms with E-state index in [0.29, 0.717) is 0 Å². The van der Waals surface area contributed by atoms with Crippen LogP contribution in [0.15, 0.2) is 0 Å². The SMILES string of the molecule is CCCC1CC(NCC2CC2)CN(C2CCC2C)C1. The molecular weight excluding hydrogens is 232 g/mol. The third-order valence-corrected chi connectivity index (χ3v) is 5.70. The van der Waals surface area contributed by atoms with Gasteiger partial charge in [0.1, 0.15) is 0 Å². The summed E-state index contributed by atoms with van der Waals surface area (Å²) >= 11 is 0. The molecule has 1 N–H and O–H groups in total. The Kier molecular flexibility index (Phi) is 4.48. The van der Waals surface area contributed by atoms with Crippen molar-refractivity contribution in [2.45, 2.75) is 70.9 Å². The molecule has 1 heterocycles. The van der Waals surface area contributed by atoms with Crippen LogP contribution in [0.2, 0.25) is 0 Å². The standard InChI is InChI=1S/C17H32N2/c1-3-4-15-9-16(18-10-14-6-7-14)12-19(11-15)17-8-5-13(17)2/h13-18H,3-12H2,1-2H3. The second-order valence-corrected chi connectivity index (χ2v) is 7.51. The van der Waals surface area contributed by atoms with Crippen molar-refractivity contribution < 1.29 is 0 Å². The maximum Gasteiger partial charge on any atom is 0.0198 e. The molecule has 2 aliphatic carbocycles. The first kappa shape index (κ1) is 13.9. The number of hydrogen-bond acceptors (Lipinski definition) is 2. The van der Waals surface area contributed by atoms with Gasteiger partial charge in [-0.1, -0.05) is 20.3 Å². The van der Waals surface area contributed by atoms with E-state index >= 15 is 0 Å². The summed E-state index contributed by atoms with van der Waals surface area (Å²) in [6, 6.07) is 1.68. The smallest absolute Gasteiger partial charge is 0.0198 e. The number of rotatable bonds is 6. The number of nitrogens with one attached hydrogen (secondary N) is 1. The molecule has 2 heteroatoms. The molecule has 110 valence electrons. The summed E-state index contributed by atoms with van der Waals surface area (Å²) in [6.07, 6.45) is 10.1. The molecule has 0 aromatic rings. The highest BCUT2D eigenvalue weighted by atomic mass is 15.2. The van der Waals surface area contributed by atoms with Crippen molar-refractivity contribution in [1.82, 2.24) is 10.2 Å². The van der Waals surface area contributed by atoms with E-state index in [1.165, 1.54) is 64.6 Å². The average molecular weight is 264 g/mol. The third-order valence-electron chi connectivity index (χ3n) is 5.70. The topological polar surface area (TPSA) is 15.3 Å². The monoisotopic (exact) mass is 264 g/mol. The fraction of sp³-hybridized carbons (Fsp3) is 1.00. The van der Waals surface area contributed by atoms with Crippen LogP contribution in [0.1, 0.15) is 58.8 Å². The lowest BCUT2D eigenvalue weighted by atomic mass is 9.78. The Morgan fingerprint density at radius 2 is 1.89 bits per heavy atom. The summed E-state index contributed by atoms with van der Waals surface area (Å²) in [6.45, 7) is 8.78. The molecule has 0 spiro atoms. The van der Waals surface area contributed by atoms with E-state index < -0.39 is 0 Å². The Morgan fingerprint density at radius 3 is 2.47 bits per heavy atom. The van der Waals surface area contributed by atoms with Gasteiger partial charge in [-0.2, -0.15) is 0 Å². The van der Waals surface area contributed by atoms with Crippen molar-refractivity contribution in [2.75, 3.05) is 19.6 Å². The van der Waals surface area contributed by atoms with Gasteiger partial charge >= 0.3 is 0 Å². The summed E-state index contributed by atoms with van der Waals surface area (Å²) in [7, 11) is 0. The maximum atomic E-state index is 3.88. The van der Waals surface area contributed by atoms with Crippen LogP contribution in [0.25, 0.3) is 0 Å². The van der Waals surface area contributed by atoms with Crippen LogP contribution < -0.4 is 5.32 Å². The van der Waals surface area contributed by atoms with Gasteiger partial charge in [-0.25, -0.2) is 0 Å². The predicted octanol–water partition coefficient (Wildman–Crippen LogP) is 3.28. The molecule has 3 rings (SSSR count). The summed E-state index contributed by atoms with van der Waals surface area (Å²) in [4.78, 5) is 2.84. The number of hydrogen-bond donors (Lipinski definition) is 1. The van der Waals surface area contributed by atoms with Gasteiger partial charge in [-0.15, -0.1) is 0 Å². The lowest BCUT2D eigenvalue weighted by molar-refractivity contribution is 0.0209. The summed E-state index contributed by atoms with van der Waals surface area (Å²) in [5.74, 6) is 2.91. The molecule has 0 radical (unpaired) electrons. The highest BCUT2D eigenvalue weighted by molar-refractivity contribution is 4.93. The van der Waals surface area contributed by atoms with E-state index in [1.54, 1.807) is 0 Å². The van der Waals surface area contributed by atoms with Crippen LogP contribution in [0.3, 0.4) is 0 Å². The molecule has 19 heavy (non-hydrogen) atoms. The minimum absolute atomic E-state index is 0.777. The van der Waals surface area contributed by atoms with Crippen molar-refractivity contribution in [2.24, 2.45) is 17.8 Å². The van der Waals surface area contributed by atoms with Crippen LogP contribution in [0.4, 0.5) is 0 Å². The van der Waals surface area contributed by atoms with E-state index in [9.17, 15) is 0 Å².